The van der Waals surface area contributed by atoms with Crippen molar-refractivity contribution < 1.29 is 28.9 Å². The SMILES string of the molecule is CC(=O)OC(C)C(=O)Nc1ccc(C2OC(CN3CCCCC3)C(C)C(c3ccc(CO)cc3)O2)cc1. The summed E-state index contributed by atoms with van der Waals surface area (Å²) < 4.78 is 18.0. The molecule has 0 spiro atoms. The maximum Gasteiger partial charge on any atom is 0.303 e. The molecule has 8 nitrogen and oxygen atoms in total. The molecule has 2 aliphatic rings. The largest absolute Gasteiger partial charge is 0.453 e. The molecule has 2 aromatic carbocycles. The average Bonchev–Trinajstić information content (AvgIpc) is 2.90. The highest BCUT2D eigenvalue weighted by molar-refractivity contribution is 5.94. The second kappa shape index (κ2) is 12.6. The summed E-state index contributed by atoms with van der Waals surface area (Å²) >= 11 is 0. The van der Waals surface area contributed by atoms with Crippen LogP contribution in [0.15, 0.2) is 48.5 Å². The average molecular weight is 511 g/mol. The topological polar surface area (TPSA) is 97.3 Å². The number of rotatable bonds is 8. The predicted molar refractivity (Wildman–Crippen MR) is 140 cm³/mol. The number of anilines is 1. The van der Waals surface area contributed by atoms with Crippen LogP contribution in [0.3, 0.4) is 0 Å². The zero-order valence-corrected chi connectivity index (χ0v) is 21.9. The molecule has 2 fully saturated rings. The quantitative estimate of drug-likeness (QED) is 0.510. The summed E-state index contributed by atoms with van der Waals surface area (Å²) in [5, 5.41) is 12.2. The number of benzene rings is 2. The van der Waals surface area contributed by atoms with E-state index in [4.69, 9.17) is 14.2 Å². The fourth-order valence-corrected chi connectivity index (χ4v) is 4.99. The number of carbonyl (C=O) groups excluding carboxylic acids is 2. The highest BCUT2D eigenvalue weighted by Crippen LogP contribution is 2.42. The van der Waals surface area contributed by atoms with Gasteiger partial charge in [0.25, 0.3) is 5.91 Å². The van der Waals surface area contributed by atoms with Gasteiger partial charge in [0.2, 0.25) is 0 Å². The number of carbonyl (C=O) groups is 2. The fraction of sp³-hybridized carbons (Fsp3) is 0.517. The molecular formula is C29H38N2O6. The molecule has 2 saturated heterocycles. The van der Waals surface area contributed by atoms with E-state index in [-0.39, 0.29) is 24.7 Å². The molecule has 0 aliphatic carbocycles. The predicted octanol–water partition coefficient (Wildman–Crippen LogP) is 4.35. The summed E-state index contributed by atoms with van der Waals surface area (Å²) in [5.74, 6) is -0.757. The number of esters is 1. The van der Waals surface area contributed by atoms with Gasteiger partial charge in [0.05, 0.1) is 18.8 Å². The second-order valence-electron chi connectivity index (χ2n) is 10.0. The third kappa shape index (κ3) is 7.17. The summed E-state index contributed by atoms with van der Waals surface area (Å²) in [6.45, 7) is 8.03. The van der Waals surface area contributed by atoms with Gasteiger partial charge in [-0.2, -0.15) is 0 Å². The minimum absolute atomic E-state index is 0.00716. The molecule has 0 radical (unpaired) electrons. The first-order valence-corrected chi connectivity index (χ1v) is 13.1. The van der Waals surface area contributed by atoms with Crippen LogP contribution >= 0.6 is 0 Å². The van der Waals surface area contributed by atoms with Gasteiger partial charge in [0.1, 0.15) is 0 Å². The monoisotopic (exact) mass is 510 g/mol. The molecule has 1 amide bonds. The van der Waals surface area contributed by atoms with Crippen molar-refractivity contribution in [1.82, 2.24) is 4.90 Å². The van der Waals surface area contributed by atoms with Crippen molar-refractivity contribution in [3.8, 4) is 0 Å². The first kappa shape index (κ1) is 27.3. The lowest BCUT2D eigenvalue weighted by molar-refractivity contribution is -0.276. The Morgan fingerprint density at radius 3 is 2.30 bits per heavy atom. The molecule has 5 unspecified atom stereocenters. The number of piperidine rings is 1. The van der Waals surface area contributed by atoms with E-state index in [0.717, 1.165) is 36.3 Å². The maximum absolute atomic E-state index is 12.3. The fourth-order valence-electron chi connectivity index (χ4n) is 4.99. The van der Waals surface area contributed by atoms with Gasteiger partial charge in [-0.25, -0.2) is 0 Å². The van der Waals surface area contributed by atoms with Gasteiger partial charge in [-0.15, -0.1) is 0 Å². The first-order chi connectivity index (χ1) is 17.8. The van der Waals surface area contributed by atoms with Gasteiger partial charge in [-0.05, 0) is 56.1 Å². The first-order valence-electron chi connectivity index (χ1n) is 13.1. The normalized spacial score (nSPS) is 25.3. The van der Waals surface area contributed by atoms with Crippen LogP contribution in [0.25, 0.3) is 0 Å². The van der Waals surface area contributed by atoms with E-state index >= 15 is 0 Å². The number of aliphatic hydroxyl groups excluding tert-OH is 1. The van der Waals surface area contributed by atoms with E-state index in [1.165, 1.54) is 33.1 Å². The number of nitrogens with one attached hydrogen (secondary N) is 1. The third-order valence-electron chi connectivity index (χ3n) is 7.17. The molecule has 4 rings (SSSR count). The third-order valence-corrected chi connectivity index (χ3v) is 7.17. The van der Waals surface area contributed by atoms with Gasteiger partial charge < -0.3 is 29.5 Å². The summed E-state index contributed by atoms with van der Waals surface area (Å²) in [4.78, 5) is 25.9. The minimum Gasteiger partial charge on any atom is -0.453 e. The highest BCUT2D eigenvalue weighted by atomic mass is 16.7. The summed E-state index contributed by atoms with van der Waals surface area (Å²) in [7, 11) is 0. The molecule has 2 aliphatic heterocycles. The second-order valence-corrected chi connectivity index (χ2v) is 10.0. The lowest BCUT2D eigenvalue weighted by Crippen LogP contribution is -2.45. The van der Waals surface area contributed by atoms with E-state index < -0.39 is 24.3 Å². The van der Waals surface area contributed by atoms with E-state index in [1.54, 1.807) is 12.1 Å². The molecule has 8 heteroatoms. The van der Waals surface area contributed by atoms with Crippen molar-refractivity contribution in [3.05, 3.63) is 65.2 Å². The van der Waals surface area contributed by atoms with Crippen molar-refractivity contribution in [2.75, 3.05) is 25.0 Å². The molecule has 2 N–H and O–H groups in total. The Morgan fingerprint density at radius 1 is 1.03 bits per heavy atom. The number of likely N-dealkylation sites (tertiary alicyclic amines) is 1. The van der Waals surface area contributed by atoms with Crippen LogP contribution in [0.4, 0.5) is 5.69 Å². The van der Waals surface area contributed by atoms with Crippen molar-refractivity contribution in [3.63, 3.8) is 0 Å². The van der Waals surface area contributed by atoms with Crippen LogP contribution in [0.2, 0.25) is 0 Å². The highest BCUT2D eigenvalue weighted by Gasteiger charge is 2.39. The van der Waals surface area contributed by atoms with Crippen LogP contribution in [-0.4, -0.2) is 53.7 Å². The van der Waals surface area contributed by atoms with E-state index in [0.29, 0.717) is 5.69 Å². The molecule has 0 saturated carbocycles. The molecular weight excluding hydrogens is 472 g/mol. The smallest absolute Gasteiger partial charge is 0.303 e. The minimum atomic E-state index is -0.878. The zero-order chi connectivity index (χ0) is 26.4. The van der Waals surface area contributed by atoms with Crippen LogP contribution < -0.4 is 5.32 Å². The number of hydrogen-bond donors (Lipinski definition) is 2. The molecule has 2 heterocycles. The molecule has 0 bridgehead atoms. The van der Waals surface area contributed by atoms with Crippen molar-refractivity contribution >= 4 is 17.6 Å². The standard InChI is InChI=1S/C29H38N2O6/c1-19-26(17-31-15-5-4-6-16-31)36-29(37-27(19)23-9-7-22(18-32)8-10-23)24-11-13-25(14-12-24)30-28(34)20(2)35-21(3)33/h7-14,19-20,26-27,29,32H,4-6,15-18H2,1-3H3,(H,30,34). The van der Waals surface area contributed by atoms with E-state index in [9.17, 15) is 14.7 Å². The maximum atomic E-state index is 12.3. The number of ether oxygens (including phenoxy) is 3. The van der Waals surface area contributed by atoms with Gasteiger partial charge in [-0.1, -0.05) is 49.7 Å². The van der Waals surface area contributed by atoms with Gasteiger partial charge in [-0.3, -0.25) is 9.59 Å². The van der Waals surface area contributed by atoms with Crippen molar-refractivity contribution in [1.29, 1.82) is 0 Å². The van der Waals surface area contributed by atoms with Crippen LogP contribution in [0.1, 0.15) is 69.1 Å². The van der Waals surface area contributed by atoms with Crippen LogP contribution in [0.5, 0.6) is 0 Å². The Hall–Kier alpha value is -2.78. The summed E-state index contributed by atoms with van der Waals surface area (Å²) in [5.41, 5.74) is 3.38. The lowest BCUT2D eigenvalue weighted by Gasteiger charge is -2.43. The van der Waals surface area contributed by atoms with E-state index in [1.807, 2.05) is 36.4 Å². The molecule has 2 aromatic rings. The molecule has 200 valence electrons. The number of aliphatic hydroxyl groups is 1. The lowest BCUT2D eigenvalue weighted by atomic mass is 9.89. The zero-order valence-electron chi connectivity index (χ0n) is 21.9. The molecule has 37 heavy (non-hydrogen) atoms. The number of amides is 1. The van der Waals surface area contributed by atoms with Gasteiger partial charge in [0.15, 0.2) is 12.4 Å². The molecule has 0 aromatic heterocycles. The number of hydrogen-bond acceptors (Lipinski definition) is 7. The summed E-state index contributed by atoms with van der Waals surface area (Å²) in [6.07, 6.45) is 2.11. The molecule has 5 atom stereocenters. The van der Waals surface area contributed by atoms with Crippen molar-refractivity contribution in [2.45, 2.75) is 71.2 Å². The Labute approximate surface area is 218 Å². The van der Waals surface area contributed by atoms with Crippen molar-refractivity contribution in [2.24, 2.45) is 5.92 Å². The number of nitrogens with zero attached hydrogens (tertiary/aromatic N) is 1. The Kier molecular flexibility index (Phi) is 9.32. The Morgan fingerprint density at radius 2 is 1.68 bits per heavy atom. The Balaban J connectivity index is 1.50. The Bertz CT molecular complexity index is 1040. The summed E-state index contributed by atoms with van der Waals surface area (Å²) in [6, 6.07) is 15.3. The van der Waals surface area contributed by atoms with E-state index in [2.05, 4.69) is 17.1 Å². The van der Waals surface area contributed by atoms with Gasteiger partial charge in [0, 0.05) is 30.6 Å². The van der Waals surface area contributed by atoms with Crippen LogP contribution in [-0.2, 0) is 30.4 Å². The van der Waals surface area contributed by atoms with Gasteiger partial charge >= 0.3 is 5.97 Å². The van der Waals surface area contributed by atoms with Crippen LogP contribution in [0, 0.1) is 5.92 Å².